The Labute approximate surface area is 218 Å². The molecule has 0 N–H and O–H groups in total. The zero-order chi connectivity index (χ0) is 26.0. The number of nitrogens with zero attached hydrogens (tertiary/aromatic N) is 3. The van der Waals surface area contributed by atoms with E-state index in [1.54, 1.807) is 7.11 Å². The summed E-state index contributed by atoms with van der Waals surface area (Å²) in [6, 6.07) is 24.3. The molecule has 6 heteroatoms. The Bertz CT molecular complexity index is 1390. The minimum Gasteiger partial charge on any atom is -0.497 e. The van der Waals surface area contributed by atoms with Crippen molar-refractivity contribution >= 4 is 22.6 Å². The lowest BCUT2D eigenvalue weighted by Gasteiger charge is -2.19. The van der Waals surface area contributed by atoms with Crippen LogP contribution in [0.15, 0.2) is 72.8 Å². The molecule has 37 heavy (non-hydrogen) atoms. The van der Waals surface area contributed by atoms with E-state index in [0.717, 1.165) is 47.0 Å². The Hall–Kier alpha value is -3.80. The molecule has 1 atom stereocenters. The van der Waals surface area contributed by atoms with Crippen LogP contribution < -0.4 is 14.4 Å². The molecule has 1 unspecified atom stereocenters. The van der Waals surface area contributed by atoms with Crippen molar-refractivity contribution in [2.24, 2.45) is 0 Å². The summed E-state index contributed by atoms with van der Waals surface area (Å²) in [5.74, 6) is 2.73. The molecule has 3 aromatic carbocycles. The number of benzene rings is 3. The number of aromatic nitrogens is 2. The van der Waals surface area contributed by atoms with Gasteiger partial charge in [0.15, 0.2) is 0 Å². The topological polar surface area (TPSA) is 56.6 Å². The lowest BCUT2D eigenvalue weighted by molar-refractivity contribution is -0.117. The molecule has 0 bridgehead atoms. The van der Waals surface area contributed by atoms with Crippen LogP contribution in [0.25, 0.3) is 11.0 Å². The van der Waals surface area contributed by atoms with Crippen LogP contribution in [0, 0.1) is 0 Å². The van der Waals surface area contributed by atoms with Gasteiger partial charge < -0.3 is 18.9 Å². The minimum absolute atomic E-state index is 0.0250. The maximum absolute atomic E-state index is 13.0. The van der Waals surface area contributed by atoms with Crippen molar-refractivity contribution in [3.8, 4) is 11.5 Å². The number of carbonyl (C=O) groups is 1. The van der Waals surface area contributed by atoms with Crippen LogP contribution in [-0.2, 0) is 16.8 Å². The molecular formula is C31H35N3O3. The maximum Gasteiger partial charge on any atom is 0.227 e. The Kier molecular flexibility index (Phi) is 6.92. The van der Waals surface area contributed by atoms with Crippen molar-refractivity contribution in [3.05, 3.63) is 84.2 Å². The normalized spacial score (nSPS) is 15.9. The molecular weight excluding hydrogens is 462 g/mol. The van der Waals surface area contributed by atoms with Gasteiger partial charge in [-0.2, -0.15) is 0 Å². The number of ether oxygens (including phenoxy) is 2. The second kappa shape index (κ2) is 10.3. The largest absolute Gasteiger partial charge is 0.497 e. The van der Waals surface area contributed by atoms with Crippen molar-refractivity contribution in [2.75, 3.05) is 25.2 Å². The first-order valence-electron chi connectivity index (χ1n) is 13.0. The third-order valence-electron chi connectivity index (χ3n) is 7.05. The zero-order valence-corrected chi connectivity index (χ0v) is 22.1. The lowest BCUT2D eigenvalue weighted by Crippen LogP contribution is -2.24. The fourth-order valence-corrected chi connectivity index (χ4v) is 5.01. The molecule has 1 saturated heterocycles. The predicted molar refractivity (Wildman–Crippen MR) is 148 cm³/mol. The number of rotatable bonds is 8. The number of anilines is 1. The van der Waals surface area contributed by atoms with Gasteiger partial charge in [0.25, 0.3) is 0 Å². The summed E-state index contributed by atoms with van der Waals surface area (Å²) >= 11 is 0. The van der Waals surface area contributed by atoms with E-state index in [0.29, 0.717) is 19.6 Å². The Balaban J connectivity index is 1.30. The number of imidazole rings is 1. The number of fused-ring (bicyclic) bond motifs is 1. The lowest BCUT2D eigenvalue weighted by atomic mass is 9.87. The number of amides is 1. The van der Waals surface area contributed by atoms with Crippen molar-refractivity contribution in [1.29, 1.82) is 0 Å². The minimum atomic E-state index is 0.0250. The van der Waals surface area contributed by atoms with Gasteiger partial charge in [0.2, 0.25) is 5.91 Å². The number of hydrogen-bond donors (Lipinski definition) is 0. The van der Waals surface area contributed by atoms with Crippen molar-refractivity contribution < 1.29 is 14.3 Å². The first kappa shape index (κ1) is 24.9. The number of hydrogen-bond acceptors (Lipinski definition) is 4. The average molecular weight is 498 g/mol. The van der Waals surface area contributed by atoms with Crippen molar-refractivity contribution in [2.45, 2.75) is 51.5 Å². The average Bonchev–Trinajstić information content (AvgIpc) is 3.47. The van der Waals surface area contributed by atoms with E-state index in [-0.39, 0.29) is 17.2 Å². The molecule has 4 aromatic rings. The van der Waals surface area contributed by atoms with Crippen LogP contribution in [0.1, 0.15) is 50.9 Å². The summed E-state index contributed by atoms with van der Waals surface area (Å²) in [4.78, 5) is 19.8. The zero-order valence-electron chi connectivity index (χ0n) is 22.1. The fraction of sp³-hybridized carbons (Fsp3) is 0.355. The molecule has 0 radical (unpaired) electrons. The third-order valence-corrected chi connectivity index (χ3v) is 7.05. The smallest absolute Gasteiger partial charge is 0.227 e. The molecule has 1 aromatic heterocycles. The van der Waals surface area contributed by atoms with Crippen LogP contribution in [0.3, 0.4) is 0 Å². The van der Waals surface area contributed by atoms with Gasteiger partial charge in [-0.15, -0.1) is 0 Å². The highest BCUT2D eigenvalue weighted by Crippen LogP contribution is 2.34. The molecule has 0 saturated carbocycles. The van der Waals surface area contributed by atoms with Gasteiger partial charge in [-0.25, -0.2) is 4.98 Å². The van der Waals surface area contributed by atoms with E-state index in [4.69, 9.17) is 14.5 Å². The SMILES string of the molecule is COc1cccc(N2CC(c3nc4ccccc4n3CCCOc3ccc(C(C)(C)C)cc3)CC2=O)c1. The number of methoxy groups -OCH3 is 1. The van der Waals surface area contributed by atoms with Crippen LogP contribution in [0.5, 0.6) is 11.5 Å². The molecule has 2 heterocycles. The molecule has 0 aliphatic carbocycles. The second-order valence-corrected chi connectivity index (χ2v) is 10.7. The van der Waals surface area contributed by atoms with Gasteiger partial charge in [-0.05, 0) is 53.8 Å². The molecule has 6 nitrogen and oxygen atoms in total. The van der Waals surface area contributed by atoms with Gasteiger partial charge in [-0.1, -0.05) is 51.1 Å². The maximum atomic E-state index is 13.0. The second-order valence-electron chi connectivity index (χ2n) is 10.7. The van der Waals surface area contributed by atoms with Crippen LogP contribution >= 0.6 is 0 Å². The van der Waals surface area contributed by atoms with E-state index in [9.17, 15) is 4.79 Å². The van der Waals surface area contributed by atoms with Crippen molar-refractivity contribution in [3.63, 3.8) is 0 Å². The molecule has 0 spiro atoms. The number of carbonyl (C=O) groups excluding carboxylic acids is 1. The molecule has 192 valence electrons. The van der Waals surface area contributed by atoms with Crippen LogP contribution in [0.2, 0.25) is 0 Å². The van der Waals surface area contributed by atoms with E-state index in [1.807, 2.05) is 47.4 Å². The molecule has 1 fully saturated rings. The standard InChI is InChI=1S/C31H35N3O3/c1-31(2,3)23-13-15-25(16-14-23)37-18-8-17-33-28-12-6-5-11-27(28)32-30(33)22-19-29(35)34(21-22)24-9-7-10-26(20-24)36-4/h5-7,9-16,20,22H,8,17-19,21H2,1-4H3. The number of aryl methyl sites for hydroxylation is 1. The van der Waals surface area contributed by atoms with Gasteiger partial charge in [0.05, 0.1) is 24.8 Å². The highest BCUT2D eigenvalue weighted by Gasteiger charge is 2.35. The molecule has 1 aliphatic rings. The first-order valence-corrected chi connectivity index (χ1v) is 13.0. The molecule has 1 amide bonds. The molecule has 1 aliphatic heterocycles. The quantitative estimate of drug-likeness (QED) is 0.267. The highest BCUT2D eigenvalue weighted by atomic mass is 16.5. The van der Waals surface area contributed by atoms with Crippen LogP contribution in [0.4, 0.5) is 5.69 Å². The highest BCUT2D eigenvalue weighted by molar-refractivity contribution is 5.96. The summed E-state index contributed by atoms with van der Waals surface area (Å²) in [6.45, 7) is 8.63. The van der Waals surface area contributed by atoms with Gasteiger partial charge in [0.1, 0.15) is 17.3 Å². The van der Waals surface area contributed by atoms with Crippen molar-refractivity contribution in [1.82, 2.24) is 9.55 Å². The van der Waals surface area contributed by atoms with Crippen LogP contribution in [-0.4, -0.2) is 35.7 Å². The Morgan fingerprint density at radius 1 is 0.973 bits per heavy atom. The van der Waals surface area contributed by atoms with Gasteiger partial charge in [0, 0.05) is 37.2 Å². The first-order chi connectivity index (χ1) is 17.8. The van der Waals surface area contributed by atoms with Gasteiger partial charge in [-0.3, -0.25) is 4.79 Å². The third kappa shape index (κ3) is 5.33. The van der Waals surface area contributed by atoms with E-state index in [2.05, 4.69) is 55.7 Å². The Morgan fingerprint density at radius 2 is 1.76 bits per heavy atom. The monoisotopic (exact) mass is 497 g/mol. The van der Waals surface area contributed by atoms with E-state index < -0.39 is 0 Å². The summed E-state index contributed by atoms with van der Waals surface area (Å²) in [6.07, 6.45) is 1.28. The van der Waals surface area contributed by atoms with E-state index >= 15 is 0 Å². The summed E-state index contributed by atoms with van der Waals surface area (Å²) in [7, 11) is 1.64. The Morgan fingerprint density at radius 3 is 2.51 bits per heavy atom. The summed E-state index contributed by atoms with van der Waals surface area (Å²) in [5.41, 5.74) is 4.34. The summed E-state index contributed by atoms with van der Waals surface area (Å²) in [5, 5.41) is 0. The fourth-order valence-electron chi connectivity index (χ4n) is 5.01. The van der Waals surface area contributed by atoms with Gasteiger partial charge >= 0.3 is 0 Å². The summed E-state index contributed by atoms with van der Waals surface area (Å²) < 4.78 is 13.7. The van der Waals surface area contributed by atoms with E-state index in [1.165, 1.54) is 5.56 Å². The number of para-hydroxylation sites is 2. The molecule has 5 rings (SSSR count). The predicted octanol–water partition coefficient (Wildman–Crippen LogP) is 6.33.